The highest BCUT2D eigenvalue weighted by atomic mass is 19.1. The lowest BCUT2D eigenvalue weighted by Gasteiger charge is -2.40. The van der Waals surface area contributed by atoms with Crippen molar-refractivity contribution in [1.82, 2.24) is 0 Å². The summed E-state index contributed by atoms with van der Waals surface area (Å²) in [6, 6.07) is 13.7. The van der Waals surface area contributed by atoms with E-state index in [0.29, 0.717) is 31.6 Å². The van der Waals surface area contributed by atoms with E-state index in [-0.39, 0.29) is 11.9 Å². The van der Waals surface area contributed by atoms with Crippen LogP contribution in [0.2, 0.25) is 0 Å². The maximum atomic E-state index is 14.2. The second-order valence-corrected chi connectivity index (χ2v) is 6.95. The minimum Gasteiger partial charge on any atom is -0.374 e. The average Bonchev–Trinajstić information content (AvgIpc) is 2.68. The van der Waals surface area contributed by atoms with Gasteiger partial charge in [-0.25, -0.2) is 8.78 Å². The number of nitrogens with two attached hydrogens (primary N) is 1. The van der Waals surface area contributed by atoms with Gasteiger partial charge in [0.2, 0.25) is 0 Å². The quantitative estimate of drug-likeness (QED) is 0.803. The van der Waals surface area contributed by atoms with Crippen molar-refractivity contribution in [2.24, 2.45) is 5.73 Å². The standard InChI is InChI=1S/C22H25F2NO/c23-18-8-9-21(24)20(15-18)22(16-25)12-10-19(11-13-22)26-14-4-7-17-5-2-1-3-6-17/h1-9,15,19H,10-14,16,25H2. The summed E-state index contributed by atoms with van der Waals surface area (Å²) >= 11 is 0. The fourth-order valence-corrected chi connectivity index (χ4v) is 3.74. The summed E-state index contributed by atoms with van der Waals surface area (Å²) in [5.41, 5.74) is 7.03. The second kappa shape index (κ2) is 8.56. The zero-order chi connectivity index (χ0) is 18.4. The van der Waals surface area contributed by atoms with Crippen molar-refractivity contribution in [2.75, 3.05) is 13.2 Å². The summed E-state index contributed by atoms with van der Waals surface area (Å²) in [6.07, 6.45) is 7.18. The molecule has 0 bridgehead atoms. The molecule has 1 saturated carbocycles. The van der Waals surface area contributed by atoms with Gasteiger partial charge < -0.3 is 10.5 Å². The smallest absolute Gasteiger partial charge is 0.127 e. The molecular weight excluding hydrogens is 332 g/mol. The van der Waals surface area contributed by atoms with E-state index in [1.54, 1.807) is 0 Å². The van der Waals surface area contributed by atoms with Gasteiger partial charge in [0.15, 0.2) is 0 Å². The second-order valence-electron chi connectivity index (χ2n) is 6.95. The summed E-state index contributed by atoms with van der Waals surface area (Å²) in [5, 5.41) is 0. The first-order valence-electron chi connectivity index (χ1n) is 9.12. The Hall–Kier alpha value is -2.04. The number of rotatable bonds is 6. The zero-order valence-electron chi connectivity index (χ0n) is 14.8. The van der Waals surface area contributed by atoms with Crippen LogP contribution in [0.25, 0.3) is 6.08 Å². The maximum absolute atomic E-state index is 14.2. The Kier molecular flexibility index (Phi) is 6.17. The number of hydrogen-bond acceptors (Lipinski definition) is 2. The van der Waals surface area contributed by atoms with Crippen LogP contribution < -0.4 is 5.73 Å². The number of hydrogen-bond donors (Lipinski definition) is 1. The lowest BCUT2D eigenvalue weighted by molar-refractivity contribution is 0.0284. The molecule has 0 atom stereocenters. The molecule has 0 spiro atoms. The third-order valence-corrected chi connectivity index (χ3v) is 5.32. The van der Waals surface area contributed by atoms with Crippen LogP contribution >= 0.6 is 0 Å². The van der Waals surface area contributed by atoms with Crippen molar-refractivity contribution in [1.29, 1.82) is 0 Å². The normalized spacial score (nSPS) is 23.4. The first-order chi connectivity index (χ1) is 12.6. The van der Waals surface area contributed by atoms with Crippen molar-refractivity contribution >= 4 is 6.08 Å². The minimum absolute atomic E-state index is 0.131. The Morgan fingerprint density at radius 1 is 1.08 bits per heavy atom. The molecule has 3 rings (SSSR count). The van der Waals surface area contributed by atoms with Gasteiger partial charge in [0.25, 0.3) is 0 Å². The van der Waals surface area contributed by atoms with E-state index in [1.165, 1.54) is 12.1 Å². The average molecular weight is 357 g/mol. The van der Waals surface area contributed by atoms with Crippen molar-refractivity contribution in [3.63, 3.8) is 0 Å². The topological polar surface area (TPSA) is 35.2 Å². The van der Waals surface area contributed by atoms with E-state index < -0.39 is 11.2 Å². The van der Waals surface area contributed by atoms with Crippen LogP contribution in [-0.4, -0.2) is 19.3 Å². The first kappa shape index (κ1) is 18.7. The molecule has 138 valence electrons. The van der Waals surface area contributed by atoms with Crippen molar-refractivity contribution in [3.05, 3.63) is 77.4 Å². The summed E-state index contributed by atoms with van der Waals surface area (Å²) in [7, 11) is 0. The van der Waals surface area contributed by atoms with Crippen LogP contribution in [0.5, 0.6) is 0 Å². The van der Waals surface area contributed by atoms with E-state index >= 15 is 0 Å². The molecule has 0 amide bonds. The number of benzene rings is 2. The Morgan fingerprint density at radius 2 is 1.81 bits per heavy atom. The molecule has 0 aromatic heterocycles. The highest BCUT2D eigenvalue weighted by Crippen LogP contribution is 2.40. The van der Waals surface area contributed by atoms with Crippen LogP contribution in [0.1, 0.15) is 36.8 Å². The molecule has 0 heterocycles. The van der Waals surface area contributed by atoms with E-state index in [1.807, 2.05) is 42.5 Å². The fourth-order valence-electron chi connectivity index (χ4n) is 3.74. The molecule has 2 nitrogen and oxygen atoms in total. The van der Waals surface area contributed by atoms with Gasteiger partial charge in [0, 0.05) is 12.0 Å². The third kappa shape index (κ3) is 4.37. The highest BCUT2D eigenvalue weighted by Gasteiger charge is 2.38. The van der Waals surface area contributed by atoms with Gasteiger partial charge in [-0.3, -0.25) is 0 Å². The summed E-state index contributed by atoms with van der Waals surface area (Å²) < 4.78 is 33.8. The molecule has 2 N–H and O–H groups in total. The van der Waals surface area contributed by atoms with Crippen molar-refractivity contribution < 1.29 is 13.5 Å². The zero-order valence-corrected chi connectivity index (χ0v) is 14.8. The third-order valence-electron chi connectivity index (χ3n) is 5.32. The number of halogens is 2. The number of ether oxygens (including phenoxy) is 1. The first-order valence-corrected chi connectivity index (χ1v) is 9.12. The van der Waals surface area contributed by atoms with Crippen LogP contribution in [0.4, 0.5) is 8.78 Å². The van der Waals surface area contributed by atoms with E-state index in [9.17, 15) is 8.78 Å². The lowest BCUT2D eigenvalue weighted by atomic mass is 9.68. The molecule has 4 heteroatoms. The van der Waals surface area contributed by atoms with Crippen LogP contribution in [-0.2, 0) is 10.2 Å². The summed E-state index contributed by atoms with van der Waals surface area (Å²) in [6.45, 7) is 0.859. The molecule has 2 aromatic carbocycles. The Bertz CT molecular complexity index is 737. The molecule has 2 aromatic rings. The van der Waals surface area contributed by atoms with Crippen molar-refractivity contribution in [3.8, 4) is 0 Å². The Labute approximate surface area is 153 Å². The van der Waals surface area contributed by atoms with E-state index in [2.05, 4.69) is 0 Å². The molecule has 1 fully saturated rings. The molecule has 0 unspecified atom stereocenters. The molecule has 0 aliphatic heterocycles. The van der Waals surface area contributed by atoms with Gasteiger partial charge in [-0.15, -0.1) is 0 Å². The highest BCUT2D eigenvalue weighted by molar-refractivity contribution is 5.48. The molecule has 26 heavy (non-hydrogen) atoms. The van der Waals surface area contributed by atoms with Crippen LogP contribution in [0, 0.1) is 11.6 Å². The van der Waals surface area contributed by atoms with Gasteiger partial charge in [-0.05, 0) is 55.0 Å². The van der Waals surface area contributed by atoms with E-state index in [4.69, 9.17) is 10.5 Å². The summed E-state index contributed by atoms with van der Waals surface area (Å²) in [4.78, 5) is 0. The molecule has 1 aliphatic carbocycles. The predicted molar refractivity (Wildman–Crippen MR) is 101 cm³/mol. The SMILES string of the molecule is NCC1(c2cc(F)ccc2F)CCC(OCC=Cc2ccccc2)CC1. The molecular formula is C22H25F2NO. The fraction of sp³-hybridized carbons (Fsp3) is 0.364. The molecule has 0 saturated heterocycles. The van der Waals surface area contributed by atoms with Gasteiger partial charge >= 0.3 is 0 Å². The predicted octanol–water partition coefficient (Wildman–Crippen LogP) is 4.83. The Morgan fingerprint density at radius 3 is 2.50 bits per heavy atom. The molecule has 0 radical (unpaired) electrons. The lowest BCUT2D eigenvalue weighted by Crippen LogP contribution is -2.41. The molecule has 1 aliphatic rings. The summed E-state index contributed by atoms with van der Waals surface area (Å²) in [5.74, 6) is -0.791. The largest absolute Gasteiger partial charge is 0.374 e. The van der Waals surface area contributed by atoms with Crippen LogP contribution in [0.3, 0.4) is 0 Å². The monoisotopic (exact) mass is 357 g/mol. The van der Waals surface area contributed by atoms with Gasteiger partial charge in [-0.2, -0.15) is 0 Å². The van der Waals surface area contributed by atoms with Gasteiger partial charge in [-0.1, -0.05) is 42.5 Å². The maximum Gasteiger partial charge on any atom is 0.127 e. The van der Waals surface area contributed by atoms with Crippen molar-refractivity contribution in [2.45, 2.75) is 37.2 Å². The van der Waals surface area contributed by atoms with Gasteiger partial charge in [0.1, 0.15) is 11.6 Å². The van der Waals surface area contributed by atoms with E-state index in [0.717, 1.165) is 24.5 Å². The Balaban J connectivity index is 1.56. The minimum atomic E-state index is -0.494. The van der Waals surface area contributed by atoms with Gasteiger partial charge in [0.05, 0.1) is 12.7 Å². The van der Waals surface area contributed by atoms with Crippen LogP contribution in [0.15, 0.2) is 54.6 Å².